The molecule has 2 rings (SSSR count). The summed E-state index contributed by atoms with van der Waals surface area (Å²) in [5, 5.41) is 13.1. The number of methoxy groups -OCH3 is 1. The lowest BCUT2D eigenvalue weighted by atomic mass is 9.84. The number of hydrogen-bond donors (Lipinski definition) is 2. The molecule has 0 aliphatic heterocycles. The van der Waals surface area contributed by atoms with E-state index in [0.717, 1.165) is 37.0 Å². The smallest absolute Gasteiger partial charge is 0.317 e. The monoisotopic (exact) mass is 348 g/mol. The van der Waals surface area contributed by atoms with E-state index >= 15 is 0 Å². The number of carbonyl (C=O) groups excluding carboxylic acids is 1. The van der Waals surface area contributed by atoms with E-state index in [2.05, 4.69) is 19.2 Å². The van der Waals surface area contributed by atoms with Gasteiger partial charge in [0.25, 0.3) is 0 Å². The number of rotatable bonds is 6. The van der Waals surface area contributed by atoms with Crippen molar-refractivity contribution in [2.24, 2.45) is 5.92 Å². The predicted molar refractivity (Wildman–Crippen MR) is 100 cm³/mol. The van der Waals surface area contributed by atoms with Crippen molar-refractivity contribution >= 4 is 6.03 Å². The Labute approximate surface area is 151 Å². The summed E-state index contributed by atoms with van der Waals surface area (Å²) < 4.78 is 5.20. The lowest BCUT2D eigenvalue weighted by molar-refractivity contribution is 0.0564. The summed E-state index contributed by atoms with van der Waals surface area (Å²) in [6.45, 7) is 5.38. The van der Waals surface area contributed by atoms with Gasteiger partial charge in [-0.05, 0) is 30.5 Å². The third-order valence-corrected chi connectivity index (χ3v) is 5.28. The van der Waals surface area contributed by atoms with Crippen LogP contribution in [-0.2, 0) is 5.41 Å². The minimum atomic E-state index is -0.278. The summed E-state index contributed by atoms with van der Waals surface area (Å²) >= 11 is 0. The van der Waals surface area contributed by atoms with Gasteiger partial charge in [-0.1, -0.05) is 38.8 Å². The zero-order valence-corrected chi connectivity index (χ0v) is 15.9. The normalized spacial score (nSPS) is 20.8. The number of aliphatic hydroxyl groups is 1. The second-order valence-corrected chi connectivity index (χ2v) is 7.76. The Bertz CT molecular complexity index is 557. The molecule has 140 valence electrons. The summed E-state index contributed by atoms with van der Waals surface area (Å²) in [6, 6.07) is 7.87. The number of nitrogens with zero attached hydrogens (tertiary/aromatic N) is 1. The van der Waals surface area contributed by atoms with E-state index < -0.39 is 0 Å². The van der Waals surface area contributed by atoms with Crippen molar-refractivity contribution in [3.05, 3.63) is 29.8 Å². The summed E-state index contributed by atoms with van der Waals surface area (Å²) in [7, 11) is 3.45. The first-order chi connectivity index (χ1) is 11.8. The first-order valence-electron chi connectivity index (χ1n) is 9.15. The standard InChI is InChI=1S/C20H32N2O3/c1-20(2,16-9-11-17(25-4)12-10-16)14-21-19(24)22(3)13-15-7-5-6-8-18(15)23/h9-12,15,18,23H,5-8,13-14H2,1-4H3,(H,21,24). The Kier molecular flexibility index (Phi) is 6.71. The van der Waals surface area contributed by atoms with E-state index in [1.54, 1.807) is 19.1 Å². The molecular weight excluding hydrogens is 316 g/mol. The molecule has 1 aromatic carbocycles. The first kappa shape index (κ1) is 19.6. The Morgan fingerprint density at radius 3 is 2.52 bits per heavy atom. The predicted octanol–water partition coefficient (Wildman–Crippen LogP) is 3.17. The molecule has 2 N–H and O–H groups in total. The second kappa shape index (κ2) is 8.56. The van der Waals surface area contributed by atoms with Crippen molar-refractivity contribution in [2.75, 3.05) is 27.2 Å². The van der Waals surface area contributed by atoms with Crippen LogP contribution in [0.2, 0.25) is 0 Å². The van der Waals surface area contributed by atoms with Crippen molar-refractivity contribution < 1.29 is 14.6 Å². The molecule has 2 amide bonds. The van der Waals surface area contributed by atoms with Crippen LogP contribution >= 0.6 is 0 Å². The number of amides is 2. The zero-order valence-electron chi connectivity index (χ0n) is 15.9. The molecule has 0 spiro atoms. The van der Waals surface area contributed by atoms with Crippen LogP contribution in [0.3, 0.4) is 0 Å². The van der Waals surface area contributed by atoms with Crippen LogP contribution in [-0.4, -0.2) is 49.4 Å². The fourth-order valence-corrected chi connectivity index (χ4v) is 3.41. The highest BCUT2D eigenvalue weighted by molar-refractivity contribution is 5.74. The van der Waals surface area contributed by atoms with E-state index in [0.29, 0.717) is 13.1 Å². The van der Waals surface area contributed by atoms with Crippen LogP contribution in [0.4, 0.5) is 4.79 Å². The Balaban J connectivity index is 1.86. The third kappa shape index (κ3) is 5.36. The SMILES string of the molecule is COc1ccc(C(C)(C)CNC(=O)N(C)CC2CCCCC2O)cc1. The van der Waals surface area contributed by atoms with E-state index in [1.165, 1.54) is 0 Å². The lowest BCUT2D eigenvalue weighted by Gasteiger charge is -2.32. The molecule has 1 aliphatic carbocycles. The molecule has 0 bridgehead atoms. The number of aliphatic hydroxyl groups excluding tert-OH is 1. The fourth-order valence-electron chi connectivity index (χ4n) is 3.41. The average molecular weight is 348 g/mol. The molecule has 2 unspecified atom stereocenters. The molecule has 0 heterocycles. The van der Waals surface area contributed by atoms with E-state index in [4.69, 9.17) is 4.74 Å². The van der Waals surface area contributed by atoms with Crippen LogP contribution in [0.25, 0.3) is 0 Å². The molecule has 0 aromatic heterocycles. The first-order valence-corrected chi connectivity index (χ1v) is 9.15. The molecule has 1 saturated carbocycles. The van der Waals surface area contributed by atoms with Gasteiger partial charge in [0.2, 0.25) is 0 Å². The Morgan fingerprint density at radius 2 is 1.92 bits per heavy atom. The van der Waals surface area contributed by atoms with Crippen LogP contribution in [0.5, 0.6) is 5.75 Å². The van der Waals surface area contributed by atoms with Gasteiger partial charge in [-0.2, -0.15) is 0 Å². The molecule has 5 heteroatoms. The molecule has 0 radical (unpaired) electrons. The van der Waals surface area contributed by atoms with Gasteiger partial charge in [0, 0.05) is 31.5 Å². The largest absolute Gasteiger partial charge is 0.497 e. The summed E-state index contributed by atoms with van der Waals surface area (Å²) in [4.78, 5) is 14.1. The topological polar surface area (TPSA) is 61.8 Å². The van der Waals surface area contributed by atoms with Crippen molar-refractivity contribution in [1.29, 1.82) is 0 Å². The maximum atomic E-state index is 12.4. The number of hydrogen-bond acceptors (Lipinski definition) is 3. The molecule has 25 heavy (non-hydrogen) atoms. The third-order valence-electron chi connectivity index (χ3n) is 5.28. The summed E-state index contributed by atoms with van der Waals surface area (Å²) in [6.07, 6.45) is 3.80. The van der Waals surface area contributed by atoms with Crippen molar-refractivity contribution in [3.8, 4) is 5.75 Å². The fraction of sp³-hybridized carbons (Fsp3) is 0.650. The number of ether oxygens (including phenoxy) is 1. The highest BCUT2D eigenvalue weighted by Crippen LogP contribution is 2.26. The van der Waals surface area contributed by atoms with Crippen molar-refractivity contribution in [3.63, 3.8) is 0 Å². The number of benzene rings is 1. The van der Waals surface area contributed by atoms with E-state index in [-0.39, 0.29) is 23.5 Å². The molecule has 5 nitrogen and oxygen atoms in total. The van der Waals surface area contributed by atoms with Gasteiger partial charge in [0.05, 0.1) is 13.2 Å². The van der Waals surface area contributed by atoms with Crippen molar-refractivity contribution in [2.45, 2.75) is 51.0 Å². The van der Waals surface area contributed by atoms with Gasteiger partial charge in [-0.25, -0.2) is 4.79 Å². The van der Waals surface area contributed by atoms with Crippen molar-refractivity contribution in [1.82, 2.24) is 10.2 Å². The maximum absolute atomic E-state index is 12.4. The molecular formula is C20H32N2O3. The number of urea groups is 1. The Hall–Kier alpha value is -1.75. The number of carbonyl (C=O) groups is 1. The van der Waals surface area contributed by atoms with E-state index in [1.807, 2.05) is 24.3 Å². The van der Waals surface area contributed by atoms with Crippen LogP contribution in [0.1, 0.15) is 45.1 Å². The quantitative estimate of drug-likeness (QED) is 0.830. The molecule has 1 fully saturated rings. The Morgan fingerprint density at radius 1 is 1.28 bits per heavy atom. The highest BCUT2D eigenvalue weighted by atomic mass is 16.5. The van der Waals surface area contributed by atoms with Crippen LogP contribution in [0, 0.1) is 5.92 Å². The van der Waals surface area contributed by atoms with Gasteiger partial charge < -0.3 is 20.1 Å². The van der Waals surface area contributed by atoms with Gasteiger partial charge in [0.1, 0.15) is 5.75 Å². The van der Waals surface area contributed by atoms with Gasteiger partial charge in [-0.3, -0.25) is 0 Å². The zero-order chi connectivity index (χ0) is 18.4. The van der Waals surface area contributed by atoms with Crippen LogP contribution < -0.4 is 10.1 Å². The maximum Gasteiger partial charge on any atom is 0.317 e. The molecule has 1 aliphatic rings. The van der Waals surface area contributed by atoms with Crippen LogP contribution in [0.15, 0.2) is 24.3 Å². The summed E-state index contributed by atoms with van der Waals surface area (Å²) in [5.74, 6) is 1.02. The summed E-state index contributed by atoms with van der Waals surface area (Å²) in [5.41, 5.74) is 0.978. The number of nitrogens with one attached hydrogen (secondary N) is 1. The molecule has 0 saturated heterocycles. The minimum Gasteiger partial charge on any atom is -0.497 e. The van der Waals surface area contributed by atoms with Gasteiger partial charge in [-0.15, -0.1) is 0 Å². The molecule has 2 atom stereocenters. The minimum absolute atomic E-state index is 0.0839. The highest BCUT2D eigenvalue weighted by Gasteiger charge is 2.27. The molecule has 1 aromatic rings. The lowest BCUT2D eigenvalue weighted by Crippen LogP contribution is -2.46. The average Bonchev–Trinajstić information content (AvgIpc) is 2.61. The van der Waals surface area contributed by atoms with Gasteiger partial charge in [0.15, 0.2) is 0 Å². The second-order valence-electron chi connectivity index (χ2n) is 7.76. The van der Waals surface area contributed by atoms with Gasteiger partial charge >= 0.3 is 6.03 Å². The van der Waals surface area contributed by atoms with E-state index in [9.17, 15) is 9.90 Å².